The molecule has 0 bridgehead atoms. The summed E-state index contributed by atoms with van der Waals surface area (Å²) in [4.78, 5) is 13.8. The Labute approximate surface area is 152 Å². The van der Waals surface area contributed by atoms with Crippen LogP contribution in [0.1, 0.15) is 32.8 Å². The fourth-order valence-electron chi connectivity index (χ4n) is 2.40. The quantitative estimate of drug-likeness (QED) is 0.771. The summed E-state index contributed by atoms with van der Waals surface area (Å²) < 4.78 is 5.39. The van der Waals surface area contributed by atoms with E-state index in [0.29, 0.717) is 34.7 Å². The number of ether oxygens (including phenoxy) is 1. The maximum atomic E-state index is 12.0. The van der Waals surface area contributed by atoms with Crippen LogP contribution in [0, 0.1) is 0 Å². The standard InChI is InChI=1S/C16H21Cl3N2O2/c1-16(2,3)23-15(22)21-7-6-10(9-21)20-8-11-12(17)4-5-13(18)14(11)19/h4-5,10,20H,6-9H2,1-3H3. The van der Waals surface area contributed by atoms with E-state index in [-0.39, 0.29) is 12.1 Å². The van der Waals surface area contributed by atoms with Gasteiger partial charge in [0.1, 0.15) is 5.60 Å². The smallest absolute Gasteiger partial charge is 0.410 e. The number of nitrogens with zero attached hydrogens (tertiary/aromatic N) is 1. The van der Waals surface area contributed by atoms with Crippen LogP contribution in [-0.4, -0.2) is 35.7 Å². The van der Waals surface area contributed by atoms with Gasteiger partial charge in [-0.3, -0.25) is 0 Å². The number of carbonyl (C=O) groups is 1. The van der Waals surface area contributed by atoms with Crippen LogP contribution in [0.5, 0.6) is 0 Å². The number of hydrogen-bond donors (Lipinski definition) is 1. The van der Waals surface area contributed by atoms with E-state index in [4.69, 9.17) is 39.5 Å². The summed E-state index contributed by atoms with van der Waals surface area (Å²) in [5, 5.41) is 4.90. The second-order valence-corrected chi connectivity index (χ2v) is 7.81. The SMILES string of the molecule is CC(C)(C)OC(=O)N1CCC(NCc2c(Cl)ccc(Cl)c2Cl)C1. The molecule has 1 atom stereocenters. The summed E-state index contributed by atoms with van der Waals surface area (Å²) in [5.41, 5.74) is 0.293. The van der Waals surface area contributed by atoms with Crippen LogP contribution in [0.15, 0.2) is 12.1 Å². The summed E-state index contributed by atoms with van der Waals surface area (Å²) in [7, 11) is 0. The number of benzene rings is 1. The lowest BCUT2D eigenvalue weighted by molar-refractivity contribution is 0.0291. The van der Waals surface area contributed by atoms with Crippen molar-refractivity contribution in [1.82, 2.24) is 10.2 Å². The molecule has 0 aromatic heterocycles. The number of likely N-dealkylation sites (tertiary alicyclic amines) is 1. The first-order valence-corrected chi connectivity index (χ1v) is 8.64. The Hall–Kier alpha value is -0.680. The molecule has 4 nitrogen and oxygen atoms in total. The lowest BCUT2D eigenvalue weighted by Gasteiger charge is -2.24. The molecule has 1 aliphatic rings. The van der Waals surface area contributed by atoms with Crippen molar-refractivity contribution in [2.24, 2.45) is 0 Å². The van der Waals surface area contributed by atoms with Crippen LogP contribution in [0.2, 0.25) is 15.1 Å². The minimum Gasteiger partial charge on any atom is -0.444 e. The van der Waals surface area contributed by atoms with Gasteiger partial charge in [-0.1, -0.05) is 34.8 Å². The van der Waals surface area contributed by atoms with Crippen LogP contribution < -0.4 is 5.32 Å². The van der Waals surface area contributed by atoms with Crippen molar-refractivity contribution in [1.29, 1.82) is 0 Å². The van der Waals surface area contributed by atoms with Crippen LogP contribution in [-0.2, 0) is 11.3 Å². The van der Waals surface area contributed by atoms with Crippen molar-refractivity contribution in [3.05, 3.63) is 32.8 Å². The second-order valence-electron chi connectivity index (χ2n) is 6.61. The van der Waals surface area contributed by atoms with E-state index in [9.17, 15) is 4.79 Å². The van der Waals surface area contributed by atoms with E-state index in [1.165, 1.54) is 0 Å². The molecule has 1 unspecified atom stereocenters. The minimum absolute atomic E-state index is 0.175. The third-order valence-electron chi connectivity index (χ3n) is 3.55. The van der Waals surface area contributed by atoms with Crippen LogP contribution >= 0.6 is 34.8 Å². The molecule has 23 heavy (non-hydrogen) atoms. The number of carbonyl (C=O) groups excluding carboxylic acids is 1. The molecule has 0 saturated carbocycles. The van der Waals surface area contributed by atoms with Crippen LogP contribution in [0.4, 0.5) is 4.79 Å². The normalized spacial score (nSPS) is 18.3. The van der Waals surface area contributed by atoms with Gasteiger partial charge in [0.2, 0.25) is 0 Å². The van der Waals surface area contributed by atoms with Gasteiger partial charge in [0.05, 0.1) is 10.0 Å². The molecule has 2 rings (SSSR count). The van der Waals surface area contributed by atoms with Crippen molar-refractivity contribution in [3.8, 4) is 0 Å². The summed E-state index contributed by atoms with van der Waals surface area (Å²) in [5.74, 6) is 0. The van der Waals surface area contributed by atoms with E-state index in [1.807, 2.05) is 20.8 Å². The molecular weight excluding hydrogens is 359 g/mol. The molecule has 0 aliphatic carbocycles. The second kappa shape index (κ2) is 7.47. The fourth-order valence-corrected chi connectivity index (χ4v) is 3.08. The largest absolute Gasteiger partial charge is 0.444 e. The zero-order valence-corrected chi connectivity index (χ0v) is 15.7. The van der Waals surface area contributed by atoms with E-state index >= 15 is 0 Å². The predicted octanol–water partition coefficient (Wildman–Crippen LogP) is 4.75. The summed E-state index contributed by atoms with van der Waals surface area (Å²) >= 11 is 18.4. The van der Waals surface area contributed by atoms with Gasteiger partial charge in [0, 0.05) is 36.3 Å². The predicted molar refractivity (Wildman–Crippen MR) is 94.5 cm³/mol. The Bertz CT molecular complexity index is 587. The van der Waals surface area contributed by atoms with Gasteiger partial charge in [-0.05, 0) is 39.3 Å². The first kappa shape index (κ1) is 18.7. The van der Waals surface area contributed by atoms with Crippen molar-refractivity contribution in [3.63, 3.8) is 0 Å². The third kappa shape index (κ3) is 5.15. The van der Waals surface area contributed by atoms with Crippen molar-refractivity contribution >= 4 is 40.9 Å². The lowest BCUT2D eigenvalue weighted by atomic mass is 10.2. The summed E-state index contributed by atoms with van der Waals surface area (Å²) in [6.45, 7) is 7.36. The number of hydrogen-bond acceptors (Lipinski definition) is 3. The summed E-state index contributed by atoms with van der Waals surface area (Å²) in [6.07, 6.45) is 0.579. The van der Waals surface area contributed by atoms with Crippen LogP contribution in [0.3, 0.4) is 0 Å². The Morgan fingerprint density at radius 1 is 1.30 bits per heavy atom. The molecule has 1 aromatic carbocycles. The van der Waals surface area contributed by atoms with Gasteiger partial charge in [0.15, 0.2) is 0 Å². The van der Waals surface area contributed by atoms with Crippen molar-refractivity contribution in [2.45, 2.75) is 45.4 Å². The van der Waals surface area contributed by atoms with Gasteiger partial charge >= 0.3 is 6.09 Å². The average Bonchev–Trinajstić information content (AvgIpc) is 2.90. The Morgan fingerprint density at radius 3 is 2.61 bits per heavy atom. The topological polar surface area (TPSA) is 41.6 Å². The molecule has 1 aromatic rings. The number of halogens is 3. The molecule has 128 valence electrons. The van der Waals surface area contributed by atoms with E-state index in [1.54, 1.807) is 17.0 Å². The van der Waals surface area contributed by atoms with Crippen LogP contribution in [0.25, 0.3) is 0 Å². The van der Waals surface area contributed by atoms with E-state index < -0.39 is 5.60 Å². The Morgan fingerprint density at radius 2 is 1.96 bits per heavy atom. The molecule has 1 saturated heterocycles. The highest BCUT2D eigenvalue weighted by Crippen LogP contribution is 2.31. The molecule has 1 heterocycles. The average molecular weight is 380 g/mol. The van der Waals surface area contributed by atoms with E-state index in [2.05, 4.69) is 5.32 Å². The lowest BCUT2D eigenvalue weighted by Crippen LogP contribution is -2.38. The molecule has 1 aliphatic heterocycles. The first-order valence-electron chi connectivity index (χ1n) is 7.51. The number of rotatable bonds is 3. The van der Waals surface area contributed by atoms with E-state index in [0.717, 1.165) is 12.0 Å². The van der Waals surface area contributed by atoms with Gasteiger partial charge in [-0.25, -0.2) is 4.79 Å². The zero-order valence-electron chi connectivity index (χ0n) is 13.5. The van der Waals surface area contributed by atoms with Crippen molar-refractivity contribution < 1.29 is 9.53 Å². The maximum Gasteiger partial charge on any atom is 0.410 e. The number of nitrogens with one attached hydrogen (secondary N) is 1. The molecule has 0 spiro atoms. The third-order valence-corrected chi connectivity index (χ3v) is 4.74. The molecule has 1 amide bonds. The Kier molecular flexibility index (Phi) is 6.06. The number of amides is 1. The highest BCUT2D eigenvalue weighted by atomic mass is 35.5. The van der Waals surface area contributed by atoms with Gasteiger partial charge in [-0.15, -0.1) is 0 Å². The fraction of sp³-hybridized carbons (Fsp3) is 0.562. The maximum absolute atomic E-state index is 12.0. The molecule has 0 radical (unpaired) electrons. The van der Waals surface area contributed by atoms with Gasteiger partial charge in [-0.2, -0.15) is 0 Å². The first-order chi connectivity index (χ1) is 10.7. The van der Waals surface area contributed by atoms with Gasteiger partial charge < -0.3 is 15.0 Å². The molecule has 1 fully saturated rings. The Balaban J connectivity index is 1.90. The zero-order chi connectivity index (χ0) is 17.2. The highest BCUT2D eigenvalue weighted by Gasteiger charge is 2.29. The molecule has 7 heteroatoms. The minimum atomic E-state index is -0.482. The highest BCUT2D eigenvalue weighted by molar-refractivity contribution is 6.44. The monoisotopic (exact) mass is 378 g/mol. The van der Waals surface area contributed by atoms with Gasteiger partial charge in [0.25, 0.3) is 0 Å². The summed E-state index contributed by atoms with van der Waals surface area (Å²) in [6, 6.07) is 3.58. The molecule has 1 N–H and O–H groups in total. The molecular formula is C16H21Cl3N2O2. The van der Waals surface area contributed by atoms with Crippen molar-refractivity contribution in [2.75, 3.05) is 13.1 Å².